The molecule has 1 atom stereocenters. The third kappa shape index (κ3) is 4.51. The number of benzene rings is 1. The second-order valence-electron chi connectivity index (χ2n) is 7.27. The molecule has 0 aliphatic heterocycles. The summed E-state index contributed by atoms with van der Waals surface area (Å²) in [5.74, 6) is -0.256. The third-order valence-electron chi connectivity index (χ3n) is 4.68. The number of rotatable bonds is 6. The Labute approximate surface area is 188 Å². The van der Waals surface area contributed by atoms with Crippen LogP contribution in [-0.2, 0) is 4.79 Å². The molecule has 0 saturated carbocycles. The first-order valence-corrected chi connectivity index (χ1v) is 10.6. The van der Waals surface area contributed by atoms with E-state index in [0.717, 1.165) is 11.8 Å². The highest BCUT2D eigenvalue weighted by Gasteiger charge is 2.24. The number of hydrogen-bond acceptors (Lipinski definition) is 7. The summed E-state index contributed by atoms with van der Waals surface area (Å²) in [6, 6.07) is 14.4. The van der Waals surface area contributed by atoms with Crippen LogP contribution in [0, 0.1) is 22.7 Å². The van der Waals surface area contributed by atoms with Gasteiger partial charge in [-0.3, -0.25) is 14.7 Å². The van der Waals surface area contributed by atoms with Crippen LogP contribution < -0.4 is 16.6 Å². The van der Waals surface area contributed by atoms with Crippen molar-refractivity contribution < 1.29 is 4.79 Å². The molecule has 1 aromatic carbocycles. The molecular formula is C22H21N7O2S. The molecule has 0 spiro atoms. The van der Waals surface area contributed by atoms with Crippen molar-refractivity contribution in [2.45, 2.75) is 37.0 Å². The van der Waals surface area contributed by atoms with Crippen LogP contribution in [0.3, 0.4) is 0 Å². The van der Waals surface area contributed by atoms with Gasteiger partial charge in [-0.15, -0.1) is 0 Å². The van der Waals surface area contributed by atoms with E-state index in [-0.39, 0.29) is 39.3 Å². The summed E-state index contributed by atoms with van der Waals surface area (Å²) >= 11 is 1.06. The van der Waals surface area contributed by atoms with E-state index >= 15 is 0 Å². The summed E-state index contributed by atoms with van der Waals surface area (Å²) in [4.78, 5) is 29.2. The number of nitrogens with one attached hydrogen (secondary N) is 2. The lowest BCUT2D eigenvalue weighted by Gasteiger charge is -2.17. The number of carbonyl (C=O) groups is 1. The van der Waals surface area contributed by atoms with E-state index in [0.29, 0.717) is 11.3 Å². The molecule has 3 aromatic rings. The zero-order valence-electron chi connectivity index (χ0n) is 17.7. The summed E-state index contributed by atoms with van der Waals surface area (Å²) in [5.41, 5.74) is 7.19. The molecule has 32 heavy (non-hydrogen) atoms. The van der Waals surface area contributed by atoms with Gasteiger partial charge in [0.15, 0.2) is 0 Å². The van der Waals surface area contributed by atoms with E-state index in [4.69, 9.17) is 5.73 Å². The predicted molar refractivity (Wildman–Crippen MR) is 123 cm³/mol. The Morgan fingerprint density at radius 3 is 2.44 bits per heavy atom. The number of hydrogen-bond donors (Lipinski definition) is 3. The Balaban J connectivity index is 1.84. The lowest BCUT2D eigenvalue weighted by Crippen LogP contribution is -2.23. The van der Waals surface area contributed by atoms with Crippen LogP contribution in [-0.4, -0.2) is 25.9 Å². The molecular weight excluding hydrogens is 426 g/mol. The van der Waals surface area contributed by atoms with E-state index in [2.05, 4.69) is 21.5 Å². The number of nitriles is 2. The molecule has 162 valence electrons. The topological polar surface area (TPSA) is 153 Å². The number of amides is 1. The fraction of sp³-hybridized carbons (Fsp3) is 0.227. The Bertz CT molecular complexity index is 1300. The van der Waals surface area contributed by atoms with Gasteiger partial charge in [0.1, 0.15) is 28.8 Å². The lowest BCUT2D eigenvalue weighted by molar-refractivity contribution is -0.115. The van der Waals surface area contributed by atoms with Crippen molar-refractivity contribution in [1.29, 1.82) is 10.5 Å². The first-order chi connectivity index (χ1) is 15.3. The van der Waals surface area contributed by atoms with E-state index in [1.807, 2.05) is 26.0 Å². The molecule has 0 saturated heterocycles. The Morgan fingerprint density at radius 1 is 1.19 bits per heavy atom. The number of para-hydroxylation sites is 1. The molecule has 0 radical (unpaired) electrons. The van der Waals surface area contributed by atoms with Crippen LogP contribution in [0.4, 0.5) is 11.6 Å². The van der Waals surface area contributed by atoms with Gasteiger partial charge in [-0.1, -0.05) is 43.8 Å². The highest BCUT2D eigenvalue weighted by atomic mass is 32.2. The van der Waals surface area contributed by atoms with Gasteiger partial charge < -0.3 is 11.1 Å². The standard InChI is InChI=1S/C22H21N7O2S/c1-12(2)19-15(10-23)20(25)27-22(16(19)11-24)32-13(3)21(31)26-17-9-18(30)29(28-17)14-7-5-4-6-8-14/h4-9,12-13,28H,1-3H3,(H2,25,27)(H,26,31). The molecule has 2 heterocycles. The van der Waals surface area contributed by atoms with E-state index in [1.54, 1.807) is 31.2 Å². The van der Waals surface area contributed by atoms with Crippen molar-refractivity contribution in [2.24, 2.45) is 0 Å². The number of aromatic amines is 1. The maximum atomic E-state index is 12.7. The molecule has 4 N–H and O–H groups in total. The molecule has 0 aliphatic carbocycles. The van der Waals surface area contributed by atoms with Gasteiger partial charge in [0.25, 0.3) is 5.56 Å². The molecule has 1 unspecified atom stereocenters. The van der Waals surface area contributed by atoms with Gasteiger partial charge in [-0.05, 0) is 30.5 Å². The number of anilines is 2. The molecule has 2 aromatic heterocycles. The van der Waals surface area contributed by atoms with Crippen molar-refractivity contribution in [3.05, 3.63) is 63.4 Å². The van der Waals surface area contributed by atoms with Gasteiger partial charge in [0, 0.05) is 6.07 Å². The quantitative estimate of drug-likeness (QED) is 0.491. The van der Waals surface area contributed by atoms with Crippen molar-refractivity contribution in [2.75, 3.05) is 11.1 Å². The number of nitrogens with two attached hydrogens (primary N) is 1. The summed E-state index contributed by atoms with van der Waals surface area (Å²) in [6.45, 7) is 5.36. The number of nitrogen functional groups attached to an aromatic ring is 1. The van der Waals surface area contributed by atoms with Crippen molar-refractivity contribution in [3.63, 3.8) is 0 Å². The highest BCUT2D eigenvalue weighted by molar-refractivity contribution is 8.00. The third-order valence-corrected chi connectivity index (χ3v) is 5.77. The van der Waals surface area contributed by atoms with Crippen molar-refractivity contribution in [3.8, 4) is 17.8 Å². The summed E-state index contributed by atoms with van der Waals surface area (Å²) in [7, 11) is 0. The Kier molecular flexibility index (Phi) is 6.67. The minimum Gasteiger partial charge on any atom is -0.383 e. The van der Waals surface area contributed by atoms with Crippen molar-refractivity contribution >= 4 is 29.3 Å². The first-order valence-electron chi connectivity index (χ1n) is 9.75. The second kappa shape index (κ2) is 9.41. The predicted octanol–water partition coefficient (Wildman–Crippen LogP) is 3.13. The Hall–Kier alpha value is -4.02. The van der Waals surface area contributed by atoms with Gasteiger partial charge in [0.2, 0.25) is 5.91 Å². The average molecular weight is 448 g/mol. The number of thioether (sulfide) groups is 1. The monoisotopic (exact) mass is 447 g/mol. The summed E-state index contributed by atoms with van der Waals surface area (Å²) in [5, 5.41) is 24.3. The maximum Gasteiger partial charge on any atom is 0.273 e. The van der Waals surface area contributed by atoms with E-state index < -0.39 is 11.2 Å². The van der Waals surface area contributed by atoms with Gasteiger partial charge in [-0.25, -0.2) is 9.67 Å². The molecule has 9 nitrogen and oxygen atoms in total. The van der Waals surface area contributed by atoms with Gasteiger partial charge in [-0.2, -0.15) is 10.5 Å². The van der Waals surface area contributed by atoms with Crippen LogP contribution in [0.5, 0.6) is 0 Å². The van der Waals surface area contributed by atoms with Crippen LogP contribution in [0.25, 0.3) is 5.69 Å². The fourth-order valence-electron chi connectivity index (χ4n) is 3.17. The summed E-state index contributed by atoms with van der Waals surface area (Å²) < 4.78 is 1.32. The Morgan fingerprint density at radius 2 is 1.84 bits per heavy atom. The zero-order chi connectivity index (χ0) is 23.4. The largest absolute Gasteiger partial charge is 0.383 e. The minimum absolute atomic E-state index is 0.0228. The SMILES string of the molecule is CC(Sc1nc(N)c(C#N)c(C(C)C)c1C#N)C(=O)Nc1cc(=O)n(-c2ccccc2)[nH]1. The van der Waals surface area contributed by atoms with Crippen LogP contribution >= 0.6 is 11.8 Å². The fourth-order valence-corrected chi connectivity index (χ4v) is 4.10. The van der Waals surface area contributed by atoms with Crippen molar-refractivity contribution in [1.82, 2.24) is 14.8 Å². The van der Waals surface area contributed by atoms with E-state index in [1.165, 1.54) is 10.7 Å². The second-order valence-corrected chi connectivity index (χ2v) is 8.60. The van der Waals surface area contributed by atoms with Crippen LogP contribution in [0.15, 0.2) is 46.2 Å². The molecule has 1 amide bonds. The lowest BCUT2D eigenvalue weighted by atomic mass is 9.94. The zero-order valence-corrected chi connectivity index (χ0v) is 18.5. The normalized spacial score (nSPS) is 11.6. The number of aromatic nitrogens is 3. The summed E-state index contributed by atoms with van der Waals surface area (Å²) in [6.07, 6.45) is 0. The van der Waals surface area contributed by atoms with Gasteiger partial charge >= 0.3 is 0 Å². The number of H-pyrrole nitrogens is 1. The molecule has 0 fully saturated rings. The molecule has 0 aliphatic rings. The van der Waals surface area contributed by atoms with Crippen LogP contribution in [0.1, 0.15) is 43.4 Å². The molecule has 10 heteroatoms. The highest BCUT2D eigenvalue weighted by Crippen LogP contribution is 2.34. The van der Waals surface area contributed by atoms with E-state index in [9.17, 15) is 20.1 Å². The molecule has 3 rings (SSSR count). The smallest absolute Gasteiger partial charge is 0.273 e. The number of nitrogens with zero attached hydrogens (tertiary/aromatic N) is 4. The van der Waals surface area contributed by atoms with Gasteiger partial charge in [0.05, 0.1) is 22.1 Å². The maximum absolute atomic E-state index is 12.7. The average Bonchev–Trinajstić information content (AvgIpc) is 3.13. The first kappa shape index (κ1) is 22.7. The number of pyridine rings is 1. The number of carbonyl (C=O) groups excluding carboxylic acids is 1. The van der Waals surface area contributed by atoms with Crippen LogP contribution in [0.2, 0.25) is 0 Å². The molecule has 0 bridgehead atoms. The minimum atomic E-state index is -0.662.